The normalized spacial score (nSPS) is 12.0. The maximum absolute atomic E-state index is 3.48. The summed E-state index contributed by atoms with van der Waals surface area (Å²) in [6.07, 6.45) is 1.19. The van der Waals surface area contributed by atoms with Crippen LogP contribution in [0.1, 0.15) is 37.3 Å². The van der Waals surface area contributed by atoms with Gasteiger partial charge in [-0.3, -0.25) is 0 Å². The van der Waals surface area contributed by atoms with Crippen LogP contribution in [0.4, 0.5) is 11.4 Å². The number of hydrogen-bond acceptors (Lipinski definition) is 2. The fourth-order valence-corrected chi connectivity index (χ4v) is 2.28. The van der Waals surface area contributed by atoms with Crippen molar-refractivity contribution in [3.63, 3.8) is 0 Å². The molecule has 0 radical (unpaired) electrons. The Morgan fingerprint density at radius 1 is 0.952 bits per heavy atom. The first-order valence-electron chi connectivity index (χ1n) is 7.70. The summed E-state index contributed by atoms with van der Waals surface area (Å²) in [6, 6.07) is 17.5. The van der Waals surface area contributed by atoms with E-state index in [-0.39, 0.29) is 0 Å². The van der Waals surface area contributed by atoms with Crippen LogP contribution in [0, 0.1) is 0 Å². The maximum atomic E-state index is 3.48. The summed E-state index contributed by atoms with van der Waals surface area (Å²) in [5.74, 6) is 0.637. The molecule has 2 aromatic rings. The molecule has 2 rings (SSSR count). The molecule has 0 aliphatic heterocycles. The monoisotopic (exact) mass is 282 g/mol. The van der Waals surface area contributed by atoms with Gasteiger partial charge in [0.1, 0.15) is 0 Å². The van der Waals surface area contributed by atoms with Crippen LogP contribution in [-0.2, 0) is 6.54 Å². The van der Waals surface area contributed by atoms with E-state index in [0.29, 0.717) is 5.92 Å². The Hall–Kier alpha value is -1.96. The molecule has 0 saturated heterocycles. The molecule has 0 aliphatic carbocycles. The molecule has 0 saturated carbocycles. The van der Waals surface area contributed by atoms with E-state index < -0.39 is 0 Å². The third-order valence-electron chi connectivity index (χ3n) is 4.04. The molecule has 21 heavy (non-hydrogen) atoms. The Bertz CT molecular complexity index is 541. The molecule has 0 bridgehead atoms. The zero-order valence-electron chi connectivity index (χ0n) is 13.6. The second-order valence-corrected chi connectivity index (χ2v) is 5.85. The molecule has 2 heteroatoms. The van der Waals surface area contributed by atoms with Gasteiger partial charge in [-0.25, -0.2) is 0 Å². The Morgan fingerprint density at radius 2 is 1.57 bits per heavy atom. The highest BCUT2D eigenvalue weighted by Crippen LogP contribution is 2.21. The zero-order valence-corrected chi connectivity index (χ0v) is 13.6. The first-order chi connectivity index (χ1) is 10.1. The van der Waals surface area contributed by atoms with Crippen molar-refractivity contribution >= 4 is 11.4 Å². The molecule has 1 N–H and O–H groups in total. The molecule has 0 spiro atoms. The number of rotatable bonds is 6. The van der Waals surface area contributed by atoms with Gasteiger partial charge in [-0.1, -0.05) is 38.1 Å². The molecule has 2 aromatic carbocycles. The van der Waals surface area contributed by atoms with Crippen molar-refractivity contribution in [3.05, 3.63) is 59.7 Å². The second kappa shape index (κ2) is 7.16. The predicted molar refractivity (Wildman–Crippen MR) is 93.2 cm³/mol. The SMILES string of the molecule is CCC(C)c1ccc(NCc2ccc(N(C)C)cc2)cc1. The van der Waals surface area contributed by atoms with Crippen molar-refractivity contribution in [1.82, 2.24) is 0 Å². The van der Waals surface area contributed by atoms with Crippen molar-refractivity contribution in [3.8, 4) is 0 Å². The lowest BCUT2D eigenvalue weighted by molar-refractivity contribution is 0.734. The van der Waals surface area contributed by atoms with E-state index in [1.165, 1.54) is 28.9 Å². The first kappa shape index (κ1) is 15.4. The molecule has 0 fully saturated rings. The van der Waals surface area contributed by atoms with E-state index >= 15 is 0 Å². The van der Waals surface area contributed by atoms with Crippen LogP contribution in [0.25, 0.3) is 0 Å². The van der Waals surface area contributed by atoms with Crippen LogP contribution < -0.4 is 10.2 Å². The van der Waals surface area contributed by atoms with Crippen LogP contribution >= 0.6 is 0 Å². The topological polar surface area (TPSA) is 15.3 Å². The largest absolute Gasteiger partial charge is 0.381 e. The van der Waals surface area contributed by atoms with Gasteiger partial charge in [0.2, 0.25) is 0 Å². The Labute approximate surface area is 128 Å². The van der Waals surface area contributed by atoms with Gasteiger partial charge in [0.15, 0.2) is 0 Å². The summed E-state index contributed by atoms with van der Waals surface area (Å²) in [5, 5.41) is 3.48. The van der Waals surface area contributed by atoms with Crippen LogP contribution in [0.15, 0.2) is 48.5 Å². The predicted octanol–water partition coefficient (Wildman–Crippen LogP) is 4.88. The van der Waals surface area contributed by atoms with Crippen LogP contribution in [-0.4, -0.2) is 14.1 Å². The third kappa shape index (κ3) is 4.25. The highest BCUT2D eigenvalue weighted by molar-refractivity contribution is 5.48. The highest BCUT2D eigenvalue weighted by Gasteiger charge is 2.02. The van der Waals surface area contributed by atoms with Crippen LogP contribution in [0.5, 0.6) is 0 Å². The van der Waals surface area contributed by atoms with E-state index in [9.17, 15) is 0 Å². The molecular weight excluding hydrogens is 256 g/mol. The summed E-state index contributed by atoms with van der Waals surface area (Å²) < 4.78 is 0. The number of hydrogen-bond donors (Lipinski definition) is 1. The molecule has 0 heterocycles. The molecule has 0 aliphatic rings. The van der Waals surface area contributed by atoms with E-state index in [4.69, 9.17) is 0 Å². The van der Waals surface area contributed by atoms with Gasteiger partial charge >= 0.3 is 0 Å². The molecular formula is C19H26N2. The molecule has 0 amide bonds. The van der Waals surface area contributed by atoms with Gasteiger partial charge in [0.05, 0.1) is 0 Å². The number of benzene rings is 2. The fourth-order valence-electron chi connectivity index (χ4n) is 2.28. The Kier molecular flexibility index (Phi) is 5.26. The van der Waals surface area contributed by atoms with Gasteiger partial charge in [0, 0.05) is 32.0 Å². The van der Waals surface area contributed by atoms with Crippen LogP contribution in [0.3, 0.4) is 0 Å². The summed E-state index contributed by atoms with van der Waals surface area (Å²) in [4.78, 5) is 2.12. The average Bonchev–Trinajstić information content (AvgIpc) is 2.53. The highest BCUT2D eigenvalue weighted by atomic mass is 15.1. The third-order valence-corrected chi connectivity index (χ3v) is 4.04. The summed E-state index contributed by atoms with van der Waals surface area (Å²) in [5.41, 5.74) is 5.13. The molecule has 1 unspecified atom stereocenters. The summed E-state index contributed by atoms with van der Waals surface area (Å²) in [7, 11) is 4.12. The van der Waals surface area contributed by atoms with E-state index in [1.807, 2.05) is 0 Å². The van der Waals surface area contributed by atoms with Crippen LogP contribution in [0.2, 0.25) is 0 Å². The van der Waals surface area contributed by atoms with Crippen molar-refractivity contribution < 1.29 is 0 Å². The van der Waals surface area contributed by atoms with Gasteiger partial charge < -0.3 is 10.2 Å². The van der Waals surface area contributed by atoms with Crippen molar-refractivity contribution in [1.29, 1.82) is 0 Å². The van der Waals surface area contributed by atoms with Gasteiger partial charge in [-0.2, -0.15) is 0 Å². The average molecular weight is 282 g/mol. The number of nitrogens with zero attached hydrogens (tertiary/aromatic N) is 1. The van der Waals surface area contributed by atoms with E-state index in [0.717, 1.165) is 6.54 Å². The first-order valence-corrected chi connectivity index (χ1v) is 7.70. The smallest absolute Gasteiger partial charge is 0.0400 e. The quantitative estimate of drug-likeness (QED) is 0.812. The minimum Gasteiger partial charge on any atom is -0.381 e. The standard InChI is InChI=1S/C19H26N2/c1-5-15(2)17-8-10-18(11-9-17)20-14-16-6-12-19(13-7-16)21(3)4/h6-13,15,20H,5,14H2,1-4H3. The van der Waals surface area contributed by atoms with Crippen molar-refractivity contribution in [2.24, 2.45) is 0 Å². The lowest BCUT2D eigenvalue weighted by Gasteiger charge is -2.14. The van der Waals surface area contributed by atoms with E-state index in [2.05, 4.69) is 86.7 Å². The molecule has 1 atom stereocenters. The second-order valence-electron chi connectivity index (χ2n) is 5.85. The fraction of sp³-hybridized carbons (Fsp3) is 0.368. The summed E-state index contributed by atoms with van der Waals surface area (Å²) >= 11 is 0. The van der Waals surface area contributed by atoms with E-state index in [1.54, 1.807) is 0 Å². The minimum atomic E-state index is 0.637. The van der Waals surface area contributed by atoms with Crippen molar-refractivity contribution in [2.45, 2.75) is 32.7 Å². The van der Waals surface area contributed by atoms with Gasteiger partial charge in [0.25, 0.3) is 0 Å². The Balaban J connectivity index is 1.93. The van der Waals surface area contributed by atoms with Gasteiger partial charge in [-0.05, 0) is 47.7 Å². The van der Waals surface area contributed by atoms with Gasteiger partial charge in [-0.15, -0.1) is 0 Å². The number of anilines is 2. The molecule has 0 aromatic heterocycles. The lowest BCUT2D eigenvalue weighted by atomic mass is 9.99. The zero-order chi connectivity index (χ0) is 15.2. The molecule has 2 nitrogen and oxygen atoms in total. The maximum Gasteiger partial charge on any atom is 0.0400 e. The molecule has 112 valence electrons. The Morgan fingerprint density at radius 3 is 2.10 bits per heavy atom. The number of nitrogens with one attached hydrogen (secondary N) is 1. The van der Waals surface area contributed by atoms with Crippen molar-refractivity contribution in [2.75, 3.05) is 24.3 Å². The summed E-state index contributed by atoms with van der Waals surface area (Å²) in [6.45, 7) is 5.36. The minimum absolute atomic E-state index is 0.637. The lowest BCUT2D eigenvalue weighted by Crippen LogP contribution is -2.08.